The van der Waals surface area contributed by atoms with Gasteiger partial charge in [0.1, 0.15) is 0 Å². The van der Waals surface area contributed by atoms with Crippen LogP contribution in [0.15, 0.2) is 4.21 Å². The van der Waals surface area contributed by atoms with Gasteiger partial charge in [0.05, 0.1) is 5.69 Å². The number of hydrogen-bond donors (Lipinski definition) is 2. The average molecular weight is 339 g/mol. The predicted octanol–water partition coefficient (Wildman–Crippen LogP) is 2.33. The van der Waals surface area contributed by atoms with Gasteiger partial charge in [-0.2, -0.15) is 0 Å². The molecule has 1 saturated carbocycles. The molecule has 1 fully saturated rings. The summed E-state index contributed by atoms with van der Waals surface area (Å²) in [5, 5.41) is 9.60. The number of sulfonamides is 1. The predicted molar refractivity (Wildman–Crippen MR) is 79.7 cm³/mol. The molecule has 0 unspecified atom stereocenters. The van der Waals surface area contributed by atoms with E-state index in [1.165, 1.54) is 0 Å². The van der Waals surface area contributed by atoms with E-state index in [1.807, 2.05) is 0 Å². The highest BCUT2D eigenvalue weighted by atomic mass is 35.5. The van der Waals surface area contributed by atoms with Crippen LogP contribution in [0, 0.1) is 12.3 Å². The van der Waals surface area contributed by atoms with Gasteiger partial charge in [0, 0.05) is 18.6 Å². The van der Waals surface area contributed by atoms with Gasteiger partial charge in [-0.05, 0) is 19.8 Å². The molecule has 0 atom stereocenters. The quantitative estimate of drug-likeness (QED) is 0.863. The van der Waals surface area contributed by atoms with E-state index in [0.29, 0.717) is 5.69 Å². The van der Waals surface area contributed by atoms with Crippen LogP contribution in [0.2, 0.25) is 4.47 Å². The Bertz CT molecular complexity index is 565. The van der Waals surface area contributed by atoms with E-state index < -0.39 is 10.0 Å². The Morgan fingerprint density at radius 1 is 1.40 bits per heavy atom. The second kappa shape index (κ2) is 6.27. The highest BCUT2D eigenvalue weighted by Crippen LogP contribution is 2.36. The molecule has 5 nitrogen and oxygen atoms in total. The van der Waals surface area contributed by atoms with Crippen LogP contribution in [0.3, 0.4) is 0 Å². The molecule has 1 aromatic rings. The Hall–Kier alpha value is -0.210. The summed E-state index contributed by atoms with van der Waals surface area (Å²) in [6.07, 6.45) is 4.93. The van der Waals surface area contributed by atoms with Gasteiger partial charge < -0.3 is 5.11 Å². The highest BCUT2D eigenvalue weighted by Gasteiger charge is 2.33. The molecule has 114 valence electrons. The second-order valence-corrected chi connectivity index (χ2v) is 8.93. The maximum Gasteiger partial charge on any atom is 0.252 e. The third-order valence-corrected chi connectivity index (χ3v) is 7.13. The number of nitrogens with zero attached hydrogens (tertiary/aromatic N) is 1. The molecule has 1 aliphatic rings. The van der Waals surface area contributed by atoms with Crippen LogP contribution in [0.1, 0.15) is 37.8 Å². The van der Waals surface area contributed by atoms with Crippen molar-refractivity contribution < 1.29 is 13.5 Å². The first-order valence-electron chi connectivity index (χ1n) is 6.62. The minimum atomic E-state index is -3.61. The minimum absolute atomic E-state index is 0.0119. The van der Waals surface area contributed by atoms with Gasteiger partial charge in [-0.25, -0.2) is 18.1 Å². The largest absolute Gasteiger partial charge is 0.396 e. The van der Waals surface area contributed by atoms with Crippen LogP contribution in [-0.2, 0) is 10.0 Å². The molecule has 1 heterocycles. The number of aliphatic hydroxyl groups is 1. The Kier molecular flexibility index (Phi) is 5.07. The second-order valence-electron chi connectivity index (χ2n) is 5.38. The summed E-state index contributed by atoms with van der Waals surface area (Å²) in [5.41, 5.74) is 0.0856. The molecule has 0 radical (unpaired) electrons. The first-order valence-corrected chi connectivity index (χ1v) is 9.30. The Balaban J connectivity index is 2.10. The van der Waals surface area contributed by atoms with E-state index in [0.717, 1.165) is 43.4 Å². The van der Waals surface area contributed by atoms with Crippen molar-refractivity contribution >= 4 is 33.0 Å². The molecule has 0 aliphatic heterocycles. The van der Waals surface area contributed by atoms with Gasteiger partial charge in [0.2, 0.25) is 0 Å². The fourth-order valence-corrected chi connectivity index (χ4v) is 5.54. The summed E-state index contributed by atoms with van der Waals surface area (Å²) < 4.78 is 27.6. The van der Waals surface area contributed by atoms with E-state index in [1.54, 1.807) is 6.92 Å². The Morgan fingerprint density at radius 3 is 2.55 bits per heavy atom. The zero-order chi connectivity index (χ0) is 14.8. The lowest BCUT2D eigenvalue weighted by atomic mass is 9.75. The monoisotopic (exact) mass is 338 g/mol. The fourth-order valence-electron chi connectivity index (χ4n) is 2.61. The molecule has 0 bridgehead atoms. The zero-order valence-electron chi connectivity index (χ0n) is 11.4. The molecule has 0 spiro atoms. The SMILES string of the molecule is Cc1nc(Cl)sc1S(=O)(=O)NCC1(CO)CCCCC1. The molecular formula is C12H19ClN2O3S2. The maximum atomic E-state index is 12.3. The number of hydrogen-bond acceptors (Lipinski definition) is 5. The van der Waals surface area contributed by atoms with E-state index in [9.17, 15) is 13.5 Å². The number of rotatable bonds is 5. The van der Waals surface area contributed by atoms with Crippen LogP contribution < -0.4 is 4.72 Å². The average Bonchev–Trinajstić information content (AvgIpc) is 2.78. The first kappa shape index (κ1) is 16.2. The number of aliphatic hydroxyl groups excluding tert-OH is 1. The van der Waals surface area contributed by atoms with Crippen molar-refractivity contribution in [2.45, 2.75) is 43.2 Å². The van der Waals surface area contributed by atoms with E-state index >= 15 is 0 Å². The lowest BCUT2D eigenvalue weighted by Crippen LogP contribution is -2.41. The van der Waals surface area contributed by atoms with Crippen LogP contribution in [0.4, 0.5) is 0 Å². The fraction of sp³-hybridized carbons (Fsp3) is 0.750. The standard InChI is InChI=1S/C12H19ClN2O3S2/c1-9-10(19-11(13)15-9)20(17,18)14-7-12(8-16)5-3-2-4-6-12/h14,16H,2-8H2,1H3. The Morgan fingerprint density at radius 2 is 2.05 bits per heavy atom. The number of aromatic nitrogens is 1. The minimum Gasteiger partial charge on any atom is -0.396 e. The molecule has 2 N–H and O–H groups in total. The summed E-state index contributed by atoms with van der Waals surface area (Å²) in [5.74, 6) is 0. The van der Waals surface area contributed by atoms with Crippen molar-refractivity contribution in [3.8, 4) is 0 Å². The van der Waals surface area contributed by atoms with Gasteiger partial charge in [0.15, 0.2) is 8.68 Å². The molecule has 8 heteroatoms. The van der Waals surface area contributed by atoms with E-state index in [2.05, 4.69) is 9.71 Å². The van der Waals surface area contributed by atoms with Crippen molar-refractivity contribution in [1.29, 1.82) is 0 Å². The normalized spacial score (nSPS) is 19.1. The van der Waals surface area contributed by atoms with E-state index in [4.69, 9.17) is 11.6 Å². The third-order valence-electron chi connectivity index (χ3n) is 3.86. The first-order chi connectivity index (χ1) is 9.38. The smallest absolute Gasteiger partial charge is 0.252 e. The summed E-state index contributed by atoms with van der Waals surface area (Å²) in [6.45, 7) is 1.90. The molecule has 1 aromatic heterocycles. The maximum absolute atomic E-state index is 12.3. The highest BCUT2D eigenvalue weighted by molar-refractivity contribution is 7.91. The topological polar surface area (TPSA) is 79.3 Å². The molecule has 1 aliphatic carbocycles. The summed E-state index contributed by atoms with van der Waals surface area (Å²) in [7, 11) is -3.61. The number of thiazole rings is 1. The zero-order valence-corrected chi connectivity index (χ0v) is 13.7. The molecule has 0 aromatic carbocycles. The van der Waals surface area contributed by atoms with Gasteiger partial charge >= 0.3 is 0 Å². The summed E-state index contributed by atoms with van der Waals surface area (Å²) in [6, 6.07) is 0. The van der Waals surface area contributed by atoms with Gasteiger partial charge in [-0.15, -0.1) is 0 Å². The molecular weight excluding hydrogens is 320 g/mol. The molecule has 20 heavy (non-hydrogen) atoms. The lowest BCUT2D eigenvalue weighted by molar-refractivity contribution is 0.0867. The molecule has 0 amide bonds. The summed E-state index contributed by atoms with van der Waals surface area (Å²) >= 11 is 6.71. The van der Waals surface area contributed by atoms with Crippen LogP contribution in [0.5, 0.6) is 0 Å². The molecule has 2 rings (SSSR count). The number of halogens is 1. The van der Waals surface area contributed by atoms with Crippen molar-refractivity contribution in [2.75, 3.05) is 13.2 Å². The van der Waals surface area contributed by atoms with Crippen molar-refractivity contribution in [1.82, 2.24) is 9.71 Å². The number of aryl methyl sites for hydroxylation is 1. The number of nitrogens with one attached hydrogen (secondary N) is 1. The lowest BCUT2D eigenvalue weighted by Gasteiger charge is -2.35. The van der Waals surface area contributed by atoms with Crippen molar-refractivity contribution in [3.05, 3.63) is 10.2 Å². The van der Waals surface area contributed by atoms with Crippen molar-refractivity contribution in [2.24, 2.45) is 5.41 Å². The third kappa shape index (κ3) is 3.51. The van der Waals surface area contributed by atoms with Gasteiger partial charge in [-0.1, -0.05) is 42.2 Å². The van der Waals surface area contributed by atoms with Gasteiger partial charge in [-0.3, -0.25) is 0 Å². The molecule has 0 saturated heterocycles. The van der Waals surface area contributed by atoms with Crippen molar-refractivity contribution in [3.63, 3.8) is 0 Å². The van der Waals surface area contributed by atoms with Gasteiger partial charge in [0.25, 0.3) is 10.0 Å². The Labute approximate surface area is 128 Å². The van der Waals surface area contributed by atoms with E-state index in [-0.39, 0.29) is 27.2 Å². The summed E-state index contributed by atoms with van der Waals surface area (Å²) in [4.78, 5) is 3.93. The van der Waals surface area contributed by atoms with Crippen LogP contribution >= 0.6 is 22.9 Å². The van der Waals surface area contributed by atoms with Crippen LogP contribution in [-0.4, -0.2) is 31.7 Å². The van der Waals surface area contributed by atoms with Crippen LogP contribution in [0.25, 0.3) is 0 Å².